The van der Waals surface area contributed by atoms with Gasteiger partial charge in [-0.2, -0.15) is 0 Å². The van der Waals surface area contributed by atoms with Crippen LogP contribution in [-0.2, 0) is 4.79 Å². The zero-order chi connectivity index (χ0) is 19.3. The van der Waals surface area contributed by atoms with Crippen LogP contribution in [-0.4, -0.2) is 51.2 Å². The standard InChI is InChI=1S/C19H20N6O3/c1-13-20-8-9-25(13)18-10-17(23-12-24-18)21-6-7-22-19(26)16-11-27-14-4-2-3-5-15(14)28-16/h2-5,8-10,12,16H,6-7,11H2,1H3,(H,22,26)(H,21,23,24)/t16-/m0/s1. The van der Waals surface area contributed by atoms with E-state index in [1.807, 2.05) is 42.0 Å². The van der Waals surface area contributed by atoms with Gasteiger partial charge in [-0.15, -0.1) is 0 Å². The minimum atomic E-state index is -0.662. The van der Waals surface area contributed by atoms with Crippen molar-refractivity contribution < 1.29 is 14.3 Å². The summed E-state index contributed by atoms with van der Waals surface area (Å²) in [4.78, 5) is 24.9. The molecule has 2 aromatic heterocycles. The van der Waals surface area contributed by atoms with Crippen LogP contribution in [0.2, 0.25) is 0 Å². The van der Waals surface area contributed by atoms with E-state index in [9.17, 15) is 4.79 Å². The van der Waals surface area contributed by atoms with Gasteiger partial charge in [-0.3, -0.25) is 9.36 Å². The number of nitrogens with zero attached hydrogens (tertiary/aromatic N) is 4. The summed E-state index contributed by atoms with van der Waals surface area (Å²) in [5.41, 5.74) is 0. The zero-order valence-corrected chi connectivity index (χ0v) is 15.3. The lowest BCUT2D eigenvalue weighted by Gasteiger charge is -2.25. The van der Waals surface area contributed by atoms with Crippen molar-refractivity contribution in [2.45, 2.75) is 13.0 Å². The summed E-state index contributed by atoms with van der Waals surface area (Å²) in [5, 5.41) is 6.01. The molecule has 0 bridgehead atoms. The van der Waals surface area contributed by atoms with Gasteiger partial charge in [0.25, 0.3) is 5.91 Å². The SMILES string of the molecule is Cc1nccn1-c1cc(NCCNC(=O)[C@@H]2COc3ccccc3O2)ncn1. The Balaban J connectivity index is 1.26. The van der Waals surface area contributed by atoms with E-state index < -0.39 is 6.10 Å². The van der Waals surface area contributed by atoms with E-state index in [-0.39, 0.29) is 12.5 Å². The van der Waals surface area contributed by atoms with Gasteiger partial charge in [-0.1, -0.05) is 12.1 Å². The van der Waals surface area contributed by atoms with Crippen LogP contribution in [0.1, 0.15) is 5.82 Å². The molecule has 144 valence electrons. The van der Waals surface area contributed by atoms with E-state index in [2.05, 4.69) is 25.6 Å². The average Bonchev–Trinajstić information content (AvgIpc) is 3.17. The Hall–Kier alpha value is -3.62. The number of anilines is 1. The Morgan fingerprint density at radius 1 is 1.21 bits per heavy atom. The molecule has 1 aliphatic heterocycles. The van der Waals surface area contributed by atoms with Crippen LogP contribution in [0.25, 0.3) is 5.82 Å². The molecule has 0 saturated carbocycles. The first-order valence-electron chi connectivity index (χ1n) is 8.93. The summed E-state index contributed by atoms with van der Waals surface area (Å²) in [6, 6.07) is 9.12. The molecular weight excluding hydrogens is 360 g/mol. The van der Waals surface area contributed by atoms with Crippen LogP contribution in [0.5, 0.6) is 11.5 Å². The fourth-order valence-electron chi connectivity index (χ4n) is 2.83. The number of imidazole rings is 1. The van der Waals surface area contributed by atoms with Gasteiger partial charge >= 0.3 is 0 Å². The molecule has 0 saturated heterocycles. The Morgan fingerprint density at radius 2 is 2.07 bits per heavy atom. The molecule has 0 radical (unpaired) electrons. The Kier molecular flexibility index (Phi) is 5.05. The molecule has 2 N–H and O–H groups in total. The maximum atomic E-state index is 12.3. The third-order valence-electron chi connectivity index (χ3n) is 4.26. The van der Waals surface area contributed by atoms with E-state index >= 15 is 0 Å². The van der Waals surface area contributed by atoms with E-state index in [4.69, 9.17) is 9.47 Å². The maximum Gasteiger partial charge on any atom is 0.264 e. The van der Waals surface area contributed by atoms with E-state index in [1.54, 1.807) is 12.3 Å². The smallest absolute Gasteiger partial charge is 0.264 e. The van der Waals surface area contributed by atoms with Gasteiger partial charge in [0.05, 0.1) is 0 Å². The topological polar surface area (TPSA) is 103 Å². The molecule has 4 rings (SSSR count). The van der Waals surface area contributed by atoms with Gasteiger partial charge in [-0.25, -0.2) is 15.0 Å². The van der Waals surface area contributed by atoms with Gasteiger partial charge in [0.2, 0.25) is 6.10 Å². The van der Waals surface area contributed by atoms with Gasteiger partial charge < -0.3 is 20.1 Å². The first-order chi connectivity index (χ1) is 13.7. The lowest BCUT2D eigenvalue weighted by atomic mass is 10.2. The summed E-state index contributed by atoms with van der Waals surface area (Å²) < 4.78 is 13.1. The second kappa shape index (κ2) is 7.95. The monoisotopic (exact) mass is 380 g/mol. The van der Waals surface area contributed by atoms with Gasteiger partial charge in [0.15, 0.2) is 11.5 Å². The Labute approximate surface area is 161 Å². The number of rotatable bonds is 6. The molecule has 0 fully saturated rings. The number of benzene rings is 1. The fraction of sp³-hybridized carbons (Fsp3) is 0.263. The molecular formula is C19H20N6O3. The summed E-state index contributed by atoms with van der Waals surface area (Å²) in [5.74, 6) is 3.25. The Morgan fingerprint density at radius 3 is 2.89 bits per heavy atom. The third kappa shape index (κ3) is 3.88. The number of hydrogen-bond donors (Lipinski definition) is 2. The van der Waals surface area contributed by atoms with E-state index in [0.29, 0.717) is 30.4 Å². The number of ether oxygens (including phenoxy) is 2. The molecule has 0 aliphatic carbocycles. The molecule has 28 heavy (non-hydrogen) atoms. The van der Waals surface area contributed by atoms with Crippen molar-refractivity contribution >= 4 is 11.7 Å². The molecule has 1 aromatic carbocycles. The first kappa shape index (κ1) is 17.8. The number of aryl methyl sites for hydroxylation is 1. The molecule has 3 heterocycles. The molecule has 1 amide bonds. The van der Waals surface area contributed by atoms with Crippen molar-refractivity contribution in [1.82, 2.24) is 24.8 Å². The molecule has 0 unspecified atom stereocenters. The highest BCUT2D eigenvalue weighted by molar-refractivity contribution is 5.81. The maximum absolute atomic E-state index is 12.3. The van der Waals surface area contributed by atoms with Crippen molar-refractivity contribution in [3.05, 3.63) is 54.9 Å². The van der Waals surface area contributed by atoms with Crippen LogP contribution in [0.3, 0.4) is 0 Å². The van der Waals surface area contributed by atoms with Crippen molar-refractivity contribution in [2.24, 2.45) is 0 Å². The minimum Gasteiger partial charge on any atom is -0.485 e. The zero-order valence-electron chi connectivity index (χ0n) is 15.3. The summed E-state index contributed by atoms with van der Waals surface area (Å²) in [6.45, 7) is 3.02. The van der Waals surface area contributed by atoms with E-state index in [0.717, 1.165) is 11.6 Å². The molecule has 1 aliphatic rings. The molecule has 3 aromatic rings. The highest BCUT2D eigenvalue weighted by Crippen LogP contribution is 2.30. The molecule has 0 spiro atoms. The predicted octanol–water partition coefficient (Wildman–Crippen LogP) is 1.34. The second-order valence-electron chi connectivity index (χ2n) is 6.19. The predicted molar refractivity (Wildman–Crippen MR) is 102 cm³/mol. The Bertz CT molecular complexity index is 974. The van der Waals surface area contributed by atoms with Crippen molar-refractivity contribution in [2.75, 3.05) is 25.0 Å². The molecule has 9 heteroatoms. The van der Waals surface area contributed by atoms with Gasteiger partial charge in [0.1, 0.15) is 30.4 Å². The third-order valence-corrected chi connectivity index (χ3v) is 4.26. The number of fused-ring (bicyclic) bond motifs is 1. The number of aromatic nitrogens is 4. The van der Waals surface area contributed by atoms with Gasteiger partial charge in [-0.05, 0) is 19.1 Å². The quantitative estimate of drug-likeness (QED) is 0.622. The fourth-order valence-corrected chi connectivity index (χ4v) is 2.83. The van der Waals surface area contributed by atoms with Crippen LogP contribution in [0, 0.1) is 6.92 Å². The lowest BCUT2D eigenvalue weighted by Crippen LogP contribution is -2.45. The molecule has 1 atom stereocenters. The van der Waals surface area contributed by atoms with Crippen LogP contribution in [0.15, 0.2) is 49.1 Å². The highest BCUT2D eigenvalue weighted by atomic mass is 16.6. The number of nitrogens with one attached hydrogen (secondary N) is 2. The lowest BCUT2D eigenvalue weighted by molar-refractivity contribution is -0.130. The summed E-state index contributed by atoms with van der Waals surface area (Å²) in [6.07, 6.45) is 4.38. The molecule has 9 nitrogen and oxygen atoms in total. The van der Waals surface area contributed by atoms with Crippen molar-refractivity contribution in [1.29, 1.82) is 0 Å². The number of amides is 1. The number of para-hydroxylation sites is 2. The average molecular weight is 380 g/mol. The van der Waals surface area contributed by atoms with Crippen LogP contribution in [0.4, 0.5) is 5.82 Å². The summed E-state index contributed by atoms with van der Waals surface area (Å²) in [7, 11) is 0. The first-order valence-corrected chi connectivity index (χ1v) is 8.93. The minimum absolute atomic E-state index is 0.190. The largest absolute Gasteiger partial charge is 0.485 e. The van der Waals surface area contributed by atoms with Crippen LogP contribution < -0.4 is 20.1 Å². The summed E-state index contributed by atoms with van der Waals surface area (Å²) >= 11 is 0. The van der Waals surface area contributed by atoms with Crippen LogP contribution >= 0.6 is 0 Å². The normalized spacial score (nSPS) is 15.1. The number of carbonyl (C=O) groups excluding carboxylic acids is 1. The van der Waals surface area contributed by atoms with Gasteiger partial charge in [0, 0.05) is 31.5 Å². The van der Waals surface area contributed by atoms with Crippen molar-refractivity contribution in [3.8, 4) is 17.3 Å². The highest BCUT2D eigenvalue weighted by Gasteiger charge is 2.26. The number of hydrogen-bond acceptors (Lipinski definition) is 7. The number of carbonyl (C=O) groups is 1. The van der Waals surface area contributed by atoms with Crippen molar-refractivity contribution in [3.63, 3.8) is 0 Å². The second-order valence-corrected chi connectivity index (χ2v) is 6.19. The van der Waals surface area contributed by atoms with E-state index in [1.165, 1.54) is 6.33 Å².